The molecule has 0 aliphatic rings. The van der Waals surface area contributed by atoms with Gasteiger partial charge in [0.05, 0.1) is 19.6 Å². The summed E-state index contributed by atoms with van der Waals surface area (Å²) in [6, 6.07) is 12.9. The fraction of sp³-hybridized carbons (Fsp3) is 0.222. The Kier molecular flexibility index (Phi) is 9.86. The van der Waals surface area contributed by atoms with Crippen LogP contribution in [-0.4, -0.2) is 93.5 Å². The zero-order valence-corrected chi connectivity index (χ0v) is 20.1. The van der Waals surface area contributed by atoms with Crippen molar-refractivity contribution in [3.05, 3.63) is 71.3 Å². The van der Waals surface area contributed by atoms with Crippen molar-refractivity contribution in [2.24, 2.45) is 15.0 Å². The highest BCUT2D eigenvalue weighted by Gasteiger charge is 2.05. The molecular weight excluding hydrogens is 476 g/mol. The Morgan fingerprint density at radius 2 is 0.784 bits per heavy atom. The molecule has 0 aliphatic heterocycles. The first-order valence-electron chi connectivity index (χ1n) is 11.6. The predicted octanol–water partition coefficient (Wildman–Crippen LogP) is 2.88. The van der Waals surface area contributed by atoms with Crippen LogP contribution in [0.4, 0.5) is 0 Å². The fourth-order valence-electron chi connectivity index (χ4n) is 3.35. The third-order valence-electron chi connectivity index (χ3n) is 5.37. The van der Waals surface area contributed by atoms with Gasteiger partial charge in [-0.3, -0.25) is 19.9 Å². The van der Waals surface area contributed by atoms with Crippen molar-refractivity contribution in [3.8, 4) is 34.5 Å². The number of hydrogen-bond acceptors (Lipinski definition) is 10. The molecule has 0 aromatic heterocycles. The Morgan fingerprint density at radius 3 is 1.05 bits per heavy atom. The Balaban J connectivity index is 1.57. The molecule has 0 spiro atoms. The van der Waals surface area contributed by atoms with Crippen molar-refractivity contribution in [2.45, 2.75) is 0 Å². The first-order chi connectivity index (χ1) is 17.8. The van der Waals surface area contributed by atoms with Crippen LogP contribution in [0, 0.1) is 0 Å². The molecule has 0 amide bonds. The molecule has 3 aromatic carbocycles. The van der Waals surface area contributed by atoms with Crippen LogP contribution in [0.15, 0.2) is 69.6 Å². The third kappa shape index (κ3) is 8.86. The summed E-state index contributed by atoms with van der Waals surface area (Å²) in [5.74, 6) is -0.243. The van der Waals surface area contributed by atoms with Crippen LogP contribution < -0.4 is 0 Å². The smallest absolute Gasteiger partial charge is 0.128 e. The average molecular weight is 507 g/mol. The van der Waals surface area contributed by atoms with Crippen molar-refractivity contribution >= 4 is 18.6 Å². The van der Waals surface area contributed by atoms with Gasteiger partial charge < -0.3 is 30.6 Å². The maximum atomic E-state index is 9.89. The van der Waals surface area contributed by atoms with Gasteiger partial charge in [0.2, 0.25) is 0 Å². The number of phenolic OH excluding ortho intramolecular Hbond substituents is 6. The molecule has 6 N–H and O–H groups in total. The van der Waals surface area contributed by atoms with Crippen LogP contribution in [0.3, 0.4) is 0 Å². The largest absolute Gasteiger partial charge is 0.508 e. The highest BCUT2D eigenvalue weighted by Crippen LogP contribution is 2.22. The van der Waals surface area contributed by atoms with E-state index in [4.69, 9.17) is 0 Å². The Labute approximate surface area is 214 Å². The average Bonchev–Trinajstić information content (AvgIpc) is 2.85. The van der Waals surface area contributed by atoms with Crippen molar-refractivity contribution in [1.82, 2.24) is 4.90 Å². The minimum Gasteiger partial charge on any atom is -0.508 e. The fourth-order valence-corrected chi connectivity index (χ4v) is 3.35. The van der Waals surface area contributed by atoms with E-state index in [-0.39, 0.29) is 34.5 Å². The van der Waals surface area contributed by atoms with Crippen molar-refractivity contribution < 1.29 is 30.6 Å². The molecule has 10 nitrogen and oxygen atoms in total. The first kappa shape index (κ1) is 27.0. The molecule has 0 radical (unpaired) electrons. The van der Waals surface area contributed by atoms with Crippen LogP contribution in [-0.2, 0) is 0 Å². The number of aliphatic imine (C=N–C) groups is 3. The van der Waals surface area contributed by atoms with E-state index in [2.05, 4.69) is 19.9 Å². The molecule has 0 heterocycles. The predicted molar refractivity (Wildman–Crippen MR) is 143 cm³/mol. The monoisotopic (exact) mass is 506 g/mol. The van der Waals surface area contributed by atoms with Crippen molar-refractivity contribution in [1.29, 1.82) is 0 Å². The Hall–Kier alpha value is -4.57. The highest BCUT2D eigenvalue weighted by atomic mass is 16.3. The second kappa shape index (κ2) is 13.5. The van der Waals surface area contributed by atoms with Crippen molar-refractivity contribution in [2.75, 3.05) is 39.3 Å². The van der Waals surface area contributed by atoms with E-state index in [0.717, 1.165) is 0 Å². The SMILES string of the molecule is Oc1ccc(C=NCCN(CCN=Cc2ccc(O)cc2O)CCN=Cc2ccc(O)cc2O)c(O)c1. The number of hydrogen-bond donors (Lipinski definition) is 6. The lowest BCUT2D eigenvalue weighted by atomic mass is 10.2. The van der Waals surface area contributed by atoms with Gasteiger partial charge >= 0.3 is 0 Å². The second-order valence-corrected chi connectivity index (χ2v) is 8.18. The normalized spacial score (nSPS) is 11.9. The summed E-state index contributed by atoms with van der Waals surface area (Å²) in [7, 11) is 0. The van der Waals surface area contributed by atoms with E-state index in [0.29, 0.717) is 56.0 Å². The zero-order valence-electron chi connectivity index (χ0n) is 20.1. The van der Waals surface area contributed by atoms with Crippen LogP contribution >= 0.6 is 0 Å². The van der Waals surface area contributed by atoms with Gasteiger partial charge in [0, 0.05) is 73.2 Å². The molecule has 10 heteroatoms. The highest BCUT2D eigenvalue weighted by molar-refractivity contribution is 5.84. The summed E-state index contributed by atoms with van der Waals surface area (Å²) in [5.41, 5.74) is 1.50. The van der Waals surface area contributed by atoms with Gasteiger partial charge in [-0.15, -0.1) is 0 Å². The number of phenols is 6. The Bertz CT molecular complexity index is 1120. The molecule has 0 aliphatic carbocycles. The van der Waals surface area contributed by atoms with Gasteiger partial charge in [0.1, 0.15) is 34.5 Å². The van der Waals surface area contributed by atoms with Gasteiger partial charge in [0.25, 0.3) is 0 Å². The Morgan fingerprint density at radius 1 is 0.486 bits per heavy atom. The van der Waals surface area contributed by atoms with Crippen LogP contribution in [0.2, 0.25) is 0 Å². The van der Waals surface area contributed by atoms with Gasteiger partial charge in [-0.25, -0.2) is 0 Å². The third-order valence-corrected chi connectivity index (χ3v) is 5.37. The molecule has 37 heavy (non-hydrogen) atoms. The molecule has 0 saturated heterocycles. The summed E-state index contributed by atoms with van der Waals surface area (Å²) in [4.78, 5) is 15.2. The van der Waals surface area contributed by atoms with Crippen LogP contribution in [0.5, 0.6) is 34.5 Å². The zero-order chi connectivity index (χ0) is 26.6. The molecule has 0 atom stereocenters. The van der Waals surface area contributed by atoms with Gasteiger partial charge in [-0.1, -0.05) is 0 Å². The summed E-state index contributed by atoms with van der Waals surface area (Å²) < 4.78 is 0. The quantitative estimate of drug-likeness (QED) is 0.206. The molecule has 3 rings (SSSR count). The lowest BCUT2D eigenvalue weighted by Crippen LogP contribution is -2.31. The maximum absolute atomic E-state index is 9.89. The summed E-state index contributed by atoms with van der Waals surface area (Å²) >= 11 is 0. The van der Waals surface area contributed by atoms with E-state index in [1.54, 1.807) is 36.8 Å². The van der Waals surface area contributed by atoms with Gasteiger partial charge in [0.15, 0.2) is 0 Å². The standard InChI is InChI=1S/C27H30N4O6/c32-22-4-1-19(25(35)13-22)16-28-7-10-31(11-8-29-17-20-2-5-23(33)14-26(20)36)12-9-30-18-21-3-6-24(34)15-27(21)37/h1-6,13-18,32-37H,7-12H2. The van der Waals surface area contributed by atoms with Gasteiger partial charge in [-0.05, 0) is 36.4 Å². The van der Waals surface area contributed by atoms with E-state index in [9.17, 15) is 30.6 Å². The summed E-state index contributed by atoms with van der Waals surface area (Å²) in [6.07, 6.45) is 4.64. The first-order valence-corrected chi connectivity index (χ1v) is 11.6. The number of benzene rings is 3. The molecule has 0 saturated carbocycles. The molecular formula is C27H30N4O6. The molecule has 0 unspecified atom stereocenters. The number of aromatic hydroxyl groups is 6. The minimum atomic E-state index is -0.0563. The van der Waals surface area contributed by atoms with Crippen molar-refractivity contribution in [3.63, 3.8) is 0 Å². The number of nitrogens with zero attached hydrogens (tertiary/aromatic N) is 4. The van der Waals surface area contributed by atoms with E-state index in [1.165, 1.54) is 36.4 Å². The molecule has 3 aromatic rings. The molecule has 194 valence electrons. The summed E-state index contributed by atoms with van der Waals surface area (Å²) in [5, 5.41) is 57.9. The van der Waals surface area contributed by atoms with E-state index >= 15 is 0 Å². The maximum Gasteiger partial charge on any atom is 0.128 e. The lowest BCUT2D eigenvalue weighted by Gasteiger charge is -2.19. The topological polar surface area (TPSA) is 162 Å². The van der Waals surface area contributed by atoms with E-state index in [1.807, 2.05) is 0 Å². The lowest BCUT2D eigenvalue weighted by molar-refractivity contribution is 0.298. The van der Waals surface area contributed by atoms with E-state index < -0.39 is 0 Å². The van der Waals surface area contributed by atoms with Crippen LogP contribution in [0.25, 0.3) is 0 Å². The second-order valence-electron chi connectivity index (χ2n) is 8.18. The summed E-state index contributed by atoms with van der Waals surface area (Å²) in [6.45, 7) is 3.13. The minimum absolute atomic E-state index is 0.0248. The van der Waals surface area contributed by atoms with Crippen LogP contribution in [0.1, 0.15) is 16.7 Å². The molecule has 0 fully saturated rings. The number of rotatable bonds is 12. The molecule has 0 bridgehead atoms. The van der Waals surface area contributed by atoms with Gasteiger partial charge in [-0.2, -0.15) is 0 Å².